The van der Waals surface area contributed by atoms with Crippen molar-refractivity contribution in [3.8, 4) is 0 Å². The molecule has 1 atom stereocenters. The average Bonchev–Trinajstić information content (AvgIpc) is 2.23. The molecule has 0 saturated carbocycles. The number of aliphatic hydroxyl groups is 2. The van der Waals surface area contributed by atoms with Crippen molar-refractivity contribution in [2.75, 3.05) is 13.2 Å². The van der Waals surface area contributed by atoms with E-state index in [1.54, 1.807) is 13.8 Å². The number of unbranched alkanes of at least 4 members (excludes halogenated alkanes) is 2. The molecule has 0 aliphatic rings. The van der Waals surface area contributed by atoms with Crippen LogP contribution in [0, 0.1) is 0 Å². The van der Waals surface area contributed by atoms with Crippen LogP contribution in [0.1, 0.15) is 40.0 Å². The molecule has 0 rings (SSSR count). The van der Waals surface area contributed by atoms with Crippen molar-refractivity contribution in [1.82, 2.24) is 0 Å². The fourth-order valence-electron chi connectivity index (χ4n) is 0.681. The predicted molar refractivity (Wildman–Crippen MR) is 64.1 cm³/mol. The molecule has 0 saturated heterocycles. The average molecular weight is 232 g/mol. The van der Waals surface area contributed by atoms with E-state index in [-0.39, 0.29) is 6.61 Å². The first kappa shape index (κ1) is 17.5. The first-order valence-electron chi connectivity index (χ1n) is 5.57. The number of carbonyl (C=O) groups is 1. The summed E-state index contributed by atoms with van der Waals surface area (Å²) in [7, 11) is 0. The highest BCUT2D eigenvalue weighted by Gasteiger charge is 2.03. The van der Waals surface area contributed by atoms with Gasteiger partial charge in [-0.15, -0.1) is 0 Å². The highest BCUT2D eigenvalue weighted by molar-refractivity contribution is 5.86. The number of esters is 1. The van der Waals surface area contributed by atoms with Crippen molar-refractivity contribution in [2.45, 2.75) is 46.1 Å². The van der Waals surface area contributed by atoms with Crippen molar-refractivity contribution in [3.63, 3.8) is 0 Å². The van der Waals surface area contributed by atoms with Crippen molar-refractivity contribution < 1.29 is 19.7 Å². The second-order valence-corrected chi connectivity index (χ2v) is 3.66. The van der Waals surface area contributed by atoms with Gasteiger partial charge in [0.2, 0.25) is 0 Å². The molecule has 4 nitrogen and oxygen atoms in total. The zero-order chi connectivity index (χ0) is 13.0. The Kier molecular flexibility index (Phi) is 13.4. The standard InChI is InChI=1S/C7H12O3.C5H12O/c1-5(2)7(9)10-4-6(3)8;1-2-3-4-5-6/h6,8H,1,4H2,2-3H3;6H,2-5H2,1H3. The van der Waals surface area contributed by atoms with Gasteiger partial charge in [-0.1, -0.05) is 26.3 Å². The molecule has 0 aliphatic carbocycles. The zero-order valence-electron chi connectivity index (χ0n) is 10.5. The molecule has 16 heavy (non-hydrogen) atoms. The summed E-state index contributed by atoms with van der Waals surface area (Å²) in [5, 5.41) is 16.9. The first-order chi connectivity index (χ1) is 7.45. The summed E-state index contributed by atoms with van der Waals surface area (Å²) in [5.41, 5.74) is 0.348. The summed E-state index contributed by atoms with van der Waals surface area (Å²) in [6, 6.07) is 0. The molecule has 0 aliphatic heterocycles. The van der Waals surface area contributed by atoms with Gasteiger partial charge in [-0.05, 0) is 20.3 Å². The van der Waals surface area contributed by atoms with Crippen LogP contribution >= 0.6 is 0 Å². The van der Waals surface area contributed by atoms with E-state index in [2.05, 4.69) is 18.2 Å². The van der Waals surface area contributed by atoms with Gasteiger partial charge in [0.1, 0.15) is 6.61 Å². The Labute approximate surface area is 97.9 Å². The van der Waals surface area contributed by atoms with Crippen LogP contribution in [0.5, 0.6) is 0 Å². The summed E-state index contributed by atoms with van der Waals surface area (Å²) in [6.07, 6.45) is 2.72. The van der Waals surface area contributed by atoms with Gasteiger partial charge < -0.3 is 14.9 Å². The Morgan fingerprint density at radius 2 is 2.00 bits per heavy atom. The van der Waals surface area contributed by atoms with E-state index in [4.69, 9.17) is 10.2 Å². The quantitative estimate of drug-likeness (QED) is 0.415. The lowest BCUT2D eigenvalue weighted by Crippen LogP contribution is -2.15. The molecular formula is C12H24O4. The second kappa shape index (κ2) is 12.2. The van der Waals surface area contributed by atoms with Gasteiger partial charge in [0.15, 0.2) is 0 Å². The minimum Gasteiger partial charge on any atom is -0.460 e. The topological polar surface area (TPSA) is 66.8 Å². The maximum Gasteiger partial charge on any atom is 0.333 e. The highest BCUT2D eigenvalue weighted by Crippen LogP contribution is 1.92. The van der Waals surface area contributed by atoms with Gasteiger partial charge in [0.05, 0.1) is 6.10 Å². The Balaban J connectivity index is 0. The lowest BCUT2D eigenvalue weighted by molar-refractivity contribution is -0.141. The third kappa shape index (κ3) is 15.6. The van der Waals surface area contributed by atoms with Gasteiger partial charge in [-0.3, -0.25) is 0 Å². The van der Waals surface area contributed by atoms with Crippen LogP contribution in [0.4, 0.5) is 0 Å². The van der Waals surface area contributed by atoms with E-state index in [1.807, 2.05) is 0 Å². The SMILES string of the molecule is C=C(C)C(=O)OCC(C)O.CCCCCO. The van der Waals surface area contributed by atoms with E-state index in [0.29, 0.717) is 12.2 Å². The summed E-state index contributed by atoms with van der Waals surface area (Å²) in [6.45, 7) is 8.99. The summed E-state index contributed by atoms with van der Waals surface area (Å²) < 4.78 is 4.58. The van der Waals surface area contributed by atoms with Crippen LogP contribution in [-0.4, -0.2) is 35.5 Å². The largest absolute Gasteiger partial charge is 0.460 e. The molecule has 0 radical (unpaired) electrons. The molecule has 96 valence electrons. The molecule has 1 unspecified atom stereocenters. The summed E-state index contributed by atoms with van der Waals surface area (Å²) in [4.78, 5) is 10.6. The van der Waals surface area contributed by atoms with Crippen LogP contribution in [0.15, 0.2) is 12.2 Å². The lowest BCUT2D eigenvalue weighted by Gasteiger charge is -2.04. The minimum absolute atomic E-state index is 0.0334. The van der Waals surface area contributed by atoms with Crippen molar-refractivity contribution >= 4 is 5.97 Å². The highest BCUT2D eigenvalue weighted by atomic mass is 16.5. The van der Waals surface area contributed by atoms with Gasteiger partial charge in [-0.2, -0.15) is 0 Å². The molecule has 0 fully saturated rings. The zero-order valence-corrected chi connectivity index (χ0v) is 10.5. The number of ether oxygens (including phenoxy) is 1. The Hall–Kier alpha value is -0.870. The van der Waals surface area contributed by atoms with E-state index in [9.17, 15) is 4.79 Å². The molecule has 0 heterocycles. The lowest BCUT2D eigenvalue weighted by atomic mass is 10.3. The number of carbonyl (C=O) groups excluding carboxylic acids is 1. The van der Waals surface area contributed by atoms with Crippen molar-refractivity contribution in [1.29, 1.82) is 0 Å². The van der Waals surface area contributed by atoms with E-state index in [1.165, 1.54) is 6.42 Å². The van der Waals surface area contributed by atoms with Crippen LogP contribution < -0.4 is 0 Å². The maximum absolute atomic E-state index is 10.6. The molecule has 0 spiro atoms. The predicted octanol–water partition coefficient (Wildman–Crippen LogP) is 1.66. The minimum atomic E-state index is -0.608. The number of aliphatic hydroxyl groups excluding tert-OH is 2. The van der Waals surface area contributed by atoms with Gasteiger partial charge in [-0.25, -0.2) is 4.79 Å². The smallest absolute Gasteiger partial charge is 0.333 e. The third-order valence-corrected chi connectivity index (χ3v) is 1.57. The monoisotopic (exact) mass is 232 g/mol. The molecule has 0 bridgehead atoms. The van der Waals surface area contributed by atoms with E-state index >= 15 is 0 Å². The van der Waals surface area contributed by atoms with E-state index < -0.39 is 12.1 Å². The molecular weight excluding hydrogens is 208 g/mol. The number of hydrogen-bond donors (Lipinski definition) is 2. The molecule has 4 heteroatoms. The molecule has 0 aromatic carbocycles. The summed E-state index contributed by atoms with van der Waals surface area (Å²) >= 11 is 0. The second-order valence-electron chi connectivity index (χ2n) is 3.66. The molecule has 0 aromatic heterocycles. The molecule has 0 aromatic rings. The first-order valence-corrected chi connectivity index (χ1v) is 5.57. The Morgan fingerprint density at radius 1 is 1.44 bits per heavy atom. The maximum atomic E-state index is 10.6. The van der Waals surface area contributed by atoms with Gasteiger partial charge >= 0.3 is 5.97 Å². The van der Waals surface area contributed by atoms with Crippen LogP contribution in [-0.2, 0) is 9.53 Å². The normalized spacial score (nSPS) is 11.1. The van der Waals surface area contributed by atoms with E-state index in [0.717, 1.165) is 12.8 Å². The third-order valence-electron chi connectivity index (χ3n) is 1.57. The number of hydrogen-bond acceptors (Lipinski definition) is 4. The Bertz CT molecular complexity index is 183. The van der Waals surface area contributed by atoms with Crippen LogP contribution in [0.3, 0.4) is 0 Å². The molecule has 0 amide bonds. The fourth-order valence-corrected chi connectivity index (χ4v) is 0.681. The van der Waals surface area contributed by atoms with Crippen molar-refractivity contribution in [3.05, 3.63) is 12.2 Å². The number of rotatable bonds is 6. The Morgan fingerprint density at radius 3 is 2.25 bits per heavy atom. The van der Waals surface area contributed by atoms with Crippen LogP contribution in [0.2, 0.25) is 0 Å². The summed E-state index contributed by atoms with van der Waals surface area (Å²) in [5.74, 6) is -0.457. The van der Waals surface area contributed by atoms with Gasteiger partial charge in [0, 0.05) is 12.2 Å². The van der Waals surface area contributed by atoms with Gasteiger partial charge in [0.25, 0.3) is 0 Å². The van der Waals surface area contributed by atoms with Crippen LogP contribution in [0.25, 0.3) is 0 Å². The molecule has 2 N–H and O–H groups in total. The fraction of sp³-hybridized carbons (Fsp3) is 0.750. The van der Waals surface area contributed by atoms with Crippen molar-refractivity contribution in [2.24, 2.45) is 0 Å².